The van der Waals surface area contributed by atoms with Crippen molar-refractivity contribution in [3.63, 3.8) is 0 Å². The maximum atomic E-state index is 14.9. The number of unbranched alkanes of at least 4 members (excludes halogenated alkanes) is 25. The Labute approximate surface area is 647 Å². The van der Waals surface area contributed by atoms with Crippen LogP contribution in [0.25, 0.3) is 0 Å². The average Bonchev–Trinajstić information content (AvgIpc) is 0.744. The van der Waals surface area contributed by atoms with Gasteiger partial charge in [0.1, 0.15) is 116 Å². The van der Waals surface area contributed by atoms with Gasteiger partial charge in [0.05, 0.1) is 70.0 Å². The molecule has 0 aromatic carbocycles. The number of aliphatic hydroxyl groups excluding tert-OH is 16. The minimum Gasteiger partial charge on any atom is -0.459 e. The number of nitrogens with one attached hydrogen (secondary N) is 3. The number of carbonyl (C=O) groups is 4. The molecule has 5 aliphatic heterocycles. The zero-order chi connectivity index (χ0) is 81.0. The predicted octanol–water partition coefficient (Wildman–Crippen LogP) is -0.175. The zero-order valence-electron chi connectivity index (χ0n) is 65.3. The summed E-state index contributed by atoms with van der Waals surface area (Å²) in [4.78, 5) is 54.3. The molecule has 5 heterocycles. The molecule has 0 aromatic rings. The van der Waals surface area contributed by atoms with E-state index in [0.29, 0.717) is 12.8 Å². The Bertz CT molecular complexity index is 2570. The van der Waals surface area contributed by atoms with Crippen LogP contribution in [0.5, 0.6) is 0 Å². The minimum atomic E-state index is -3.17. The third-order valence-corrected chi connectivity index (χ3v) is 20.9. The number of esters is 1. The smallest absolute Gasteiger partial charge is 0.367 e. The standard InChI is InChI=1S/C76H137N3O31/c1-7-9-11-13-15-17-19-21-22-24-26-28-30-32-34-36-55(90)79-47(48(87)35-33-31-29-27-25-23-20-18-16-14-12-10-8-2)43-100-72-64(97)62(95)66(53(41-83)104-72)106-74-65(98)70(110-76(75(99)101-44(3)4)37-49(88)56(77-45(5)85)69(109-76)58(91)50(89)38-80)67(54(42-84)105-74)107-71-57(78-46(6)86)68(60(93)52(40-82)102-71)108-73-63(96)61(94)59(92)51(39-81)103-73/h33,35,44,47-54,56-74,80-84,87-89,91-98H,7-32,34,36-43H2,1-6H3,(H,77,85)(H,78,86)(H,79,90)/t47?,48?,49?,50?,51?,52?,53?,54?,56?,57?,58?,59?,60?,61?,62?,63?,64?,65?,66?,67?,68?,69?,70?,71?,72?,73?,74?,76-/m0/s1. The van der Waals surface area contributed by atoms with Gasteiger partial charge >= 0.3 is 5.97 Å². The fourth-order valence-corrected chi connectivity index (χ4v) is 14.6. The molecule has 0 radical (unpaired) electrons. The van der Waals surface area contributed by atoms with E-state index in [-0.39, 0.29) is 12.3 Å². The van der Waals surface area contributed by atoms with Crippen LogP contribution in [0.3, 0.4) is 0 Å². The highest BCUT2D eigenvalue weighted by molar-refractivity contribution is 5.79. The van der Waals surface area contributed by atoms with Gasteiger partial charge in [0, 0.05) is 26.7 Å². The van der Waals surface area contributed by atoms with Gasteiger partial charge < -0.3 is 150 Å². The minimum absolute atomic E-state index is 0.140. The number of hydrogen-bond donors (Lipinski definition) is 19. The van der Waals surface area contributed by atoms with Crippen LogP contribution >= 0.6 is 0 Å². The van der Waals surface area contributed by atoms with E-state index in [2.05, 4.69) is 29.8 Å². The molecule has 0 aliphatic carbocycles. The number of amides is 3. The number of aliphatic hydroxyl groups is 16. The molecule has 110 heavy (non-hydrogen) atoms. The Morgan fingerprint density at radius 1 is 0.491 bits per heavy atom. The molecule has 27 unspecified atom stereocenters. The molecule has 28 atom stereocenters. The second-order valence-electron chi connectivity index (χ2n) is 30.4. The Kier molecular flexibility index (Phi) is 45.6. The molecule has 5 aliphatic rings. The van der Waals surface area contributed by atoms with Crippen LogP contribution < -0.4 is 16.0 Å². The van der Waals surface area contributed by atoms with Gasteiger partial charge in [0.2, 0.25) is 17.7 Å². The molecule has 0 saturated carbocycles. The quantitative estimate of drug-likeness (QED) is 0.0213. The first-order valence-electron chi connectivity index (χ1n) is 40.5. The highest BCUT2D eigenvalue weighted by Crippen LogP contribution is 2.42. The predicted molar refractivity (Wildman–Crippen MR) is 392 cm³/mol. The van der Waals surface area contributed by atoms with Crippen LogP contribution in [0.4, 0.5) is 0 Å². The van der Waals surface area contributed by atoms with Crippen molar-refractivity contribution < 1.29 is 153 Å². The van der Waals surface area contributed by atoms with E-state index in [1.165, 1.54) is 117 Å². The molecule has 19 N–H and O–H groups in total. The maximum absolute atomic E-state index is 14.9. The van der Waals surface area contributed by atoms with Crippen molar-refractivity contribution in [1.82, 2.24) is 16.0 Å². The van der Waals surface area contributed by atoms with E-state index >= 15 is 0 Å². The zero-order valence-corrected chi connectivity index (χ0v) is 65.3. The largest absolute Gasteiger partial charge is 0.459 e. The van der Waals surface area contributed by atoms with E-state index in [4.69, 9.17) is 52.1 Å². The first kappa shape index (κ1) is 97.2. The second-order valence-corrected chi connectivity index (χ2v) is 30.4. The van der Waals surface area contributed by atoms with Crippen LogP contribution in [0.15, 0.2) is 12.2 Å². The summed E-state index contributed by atoms with van der Waals surface area (Å²) in [6, 6.07) is -4.73. The highest BCUT2D eigenvalue weighted by Gasteiger charge is 2.63. The van der Waals surface area contributed by atoms with E-state index in [1.54, 1.807) is 6.08 Å². The monoisotopic (exact) mass is 1590 g/mol. The molecular weight excluding hydrogens is 1450 g/mol. The molecule has 34 nitrogen and oxygen atoms in total. The normalized spacial score (nSPS) is 34.0. The van der Waals surface area contributed by atoms with Crippen molar-refractivity contribution in [3.8, 4) is 0 Å². The Hall–Kier alpha value is -3.42. The van der Waals surface area contributed by atoms with Gasteiger partial charge in [-0.05, 0) is 33.1 Å². The second kappa shape index (κ2) is 51.6. The summed E-state index contributed by atoms with van der Waals surface area (Å²) in [6.45, 7) is 3.25. The van der Waals surface area contributed by atoms with Gasteiger partial charge in [-0.25, -0.2) is 4.79 Å². The summed E-state index contributed by atoms with van der Waals surface area (Å²) in [5, 5.41) is 188. The van der Waals surface area contributed by atoms with Gasteiger partial charge in [-0.1, -0.05) is 180 Å². The van der Waals surface area contributed by atoms with Crippen LogP contribution in [0.1, 0.15) is 228 Å². The number of carbonyl (C=O) groups excluding carboxylic acids is 4. The molecule has 5 rings (SSSR count). The van der Waals surface area contributed by atoms with Crippen LogP contribution in [0, 0.1) is 0 Å². The van der Waals surface area contributed by atoms with Crippen LogP contribution in [-0.4, -0.2) is 322 Å². The molecule has 5 saturated heterocycles. The summed E-state index contributed by atoms with van der Waals surface area (Å²) >= 11 is 0. The van der Waals surface area contributed by atoms with Crippen molar-refractivity contribution >= 4 is 23.7 Å². The number of ether oxygens (including phenoxy) is 11. The van der Waals surface area contributed by atoms with Crippen LogP contribution in [0.2, 0.25) is 0 Å². The van der Waals surface area contributed by atoms with E-state index in [1.807, 2.05) is 6.08 Å². The molecule has 642 valence electrons. The lowest BCUT2D eigenvalue weighted by Gasteiger charge is -2.53. The summed E-state index contributed by atoms with van der Waals surface area (Å²) in [5.41, 5.74) is 0. The lowest BCUT2D eigenvalue weighted by atomic mass is 9.88. The van der Waals surface area contributed by atoms with Crippen molar-refractivity contribution in [2.75, 3.05) is 39.6 Å². The fraction of sp³-hybridized carbons (Fsp3) is 0.921. The summed E-state index contributed by atoms with van der Waals surface area (Å²) in [5.74, 6) is -6.81. The average molecular weight is 1590 g/mol. The molecule has 0 bridgehead atoms. The molecule has 0 aromatic heterocycles. The molecule has 5 fully saturated rings. The Morgan fingerprint density at radius 2 is 0.936 bits per heavy atom. The summed E-state index contributed by atoms with van der Waals surface area (Å²) in [6.07, 6.45) is -16.9. The van der Waals surface area contributed by atoms with Gasteiger partial charge in [0.25, 0.3) is 5.79 Å². The number of allylic oxidation sites excluding steroid dienone is 1. The summed E-state index contributed by atoms with van der Waals surface area (Å²) in [7, 11) is 0. The number of rotatable bonds is 53. The van der Waals surface area contributed by atoms with Crippen molar-refractivity contribution in [2.45, 2.75) is 405 Å². The highest BCUT2D eigenvalue weighted by atomic mass is 16.8. The Balaban J connectivity index is 1.44. The summed E-state index contributed by atoms with van der Waals surface area (Å²) < 4.78 is 66.9. The SMILES string of the molecule is CCCCCCCCCCCCCC=CC(O)C(COC1OC(CO)C(OC2OC(CO)C(OC3OC(CO)C(O)C(OC4OC(CO)C(O)C(O)C4O)C3NC(C)=O)C(O[C@]3(C(=O)OC(C)C)CC(O)C(NC(C)=O)C(C(O)C(O)CO)O3)C2O)C(O)C1O)NC(=O)CCCCCCCCCCCCCCCCC. The van der Waals surface area contributed by atoms with Gasteiger partial charge in [-0.2, -0.15) is 0 Å². The third-order valence-electron chi connectivity index (χ3n) is 20.9. The topological polar surface area (TPSA) is 530 Å². The first-order valence-corrected chi connectivity index (χ1v) is 40.5. The third kappa shape index (κ3) is 30.3. The molecule has 34 heteroatoms. The van der Waals surface area contributed by atoms with Crippen LogP contribution in [-0.2, 0) is 71.3 Å². The van der Waals surface area contributed by atoms with Gasteiger partial charge in [-0.15, -0.1) is 0 Å². The van der Waals surface area contributed by atoms with Crippen molar-refractivity contribution in [1.29, 1.82) is 0 Å². The molecule has 3 amide bonds. The van der Waals surface area contributed by atoms with E-state index in [9.17, 15) is 101 Å². The van der Waals surface area contributed by atoms with Gasteiger partial charge in [-0.3, -0.25) is 14.4 Å². The number of hydrogen-bond acceptors (Lipinski definition) is 31. The first-order chi connectivity index (χ1) is 52.6. The van der Waals surface area contributed by atoms with Crippen molar-refractivity contribution in [3.05, 3.63) is 12.2 Å². The lowest BCUT2D eigenvalue weighted by Crippen LogP contribution is -2.72. The molecule has 0 spiro atoms. The van der Waals surface area contributed by atoms with E-state index in [0.717, 1.165) is 71.6 Å². The molecular formula is C76H137N3O31. The lowest BCUT2D eigenvalue weighted by molar-refractivity contribution is -0.404. The Morgan fingerprint density at radius 3 is 1.45 bits per heavy atom. The van der Waals surface area contributed by atoms with Gasteiger partial charge in [0.15, 0.2) is 25.2 Å². The fourth-order valence-electron chi connectivity index (χ4n) is 14.6. The maximum Gasteiger partial charge on any atom is 0.367 e. The van der Waals surface area contributed by atoms with Crippen molar-refractivity contribution in [2.24, 2.45) is 0 Å². The van der Waals surface area contributed by atoms with E-state index < -0.39 is 241 Å².